The highest BCUT2D eigenvalue weighted by molar-refractivity contribution is 7.99. The van der Waals surface area contributed by atoms with E-state index < -0.39 is 24.8 Å². The first kappa shape index (κ1) is 32.1. The first-order valence-electron chi connectivity index (χ1n) is 15.5. The number of alkyl halides is 5. The van der Waals surface area contributed by atoms with Gasteiger partial charge < -0.3 is 10.2 Å². The number of rotatable bonds is 15. The van der Waals surface area contributed by atoms with Gasteiger partial charge >= 0.3 is 12.1 Å². The van der Waals surface area contributed by atoms with E-state index in [0.717, 1.165) is 63.5 Å². The number of aliphatic hydroxyl groups excluding tert-OH is 1. The van der Waals surface area contributed by atoms with Crippen molar-refractivity contribution in [1.82, 2.24) is 0 Å². The lowest BCUT2D eigenvalue weighted by Gasteiger charge is -2.54. The Morgan fingerprint density at radius 2 is 1.52 bits per heavy atom. The second-order valence-electron chi connectivity index (χ2n) is 12.7. The Morgan fingerprint density at radius 1 is 0.850 bits per heavy atom. The molecule has 0 radical (unpaired) electrons. The van der Waals surface area contributed by atoms with Crippen LogP contribution in [0.5, 0.6) is 0 Å². The lowest BCUT2D eigenvalue weighted by Crippen LogP contribution is -2.50. The zero-order valence-electron chi connectivity index (χ0n) is 23.6. The predicted octanol–water partition coefficient (Wildman–Crippen LogP) is 9.28. The van der Waals surface area contributed by atoms with Gasteiger partial charge in [-0.1, -0.05) is 69.2 Å². The number of aliphatic hydroxyl groups is 2. The van der Waals surface area contributed by atoms with Gasteiger partial charge in [0.05, 0.1) is 0 Å². The van der Waals surface area contributed by atoms with Gasteiger partial charge in [-0.2, -0.15) is 33.7 Å². The van der Waals surface area contributed by atoms with Gasteiger partial charge in [0.25, 0.3) is 0 Å². The highest BCUT2D eigenvalue weighted by Crippen LogP contribution is 2.63. The van der Waals surface area contributed by atoms with Crippen molar-refractivity contribution in [3.8, 4) is 0 Å². The zero-order valence-corrected chi connectivity index (χ0v) is 24.4. The van der Waals surface area contributed by atoms with E-state index in [1.54, 1.807) is 0 Å². The maximum Gasteiger partial charge on any atom is 0.453 e. The van der Waals surface area contributed by atoms with Crippen LogP contribution in [0, 0.1) is 23.2 Å². The maximum atomic E-state index is 12.9. The third kappa shape index (κ3) is 7.37. The smallest absolute Gasteiger partial charge is 0.368 e. The molecule has 0 heterocycles. The molecule has 4 rings (SSSR count). The zero-order chi connectivity index (χ0) is 28.8. The Hall–Kier alpha value is -0.860. The van der Waals surface area contributed by atoms with Crippen LogP contribution in [0.2, 0.25) is 0 Å². The minimum Gasteiger partial charge on any atom is -0.368 e. The molecule has 0 spiro atoms. The van der Waals surface area contributed by atoms with Crippen LogP contribution in [0.15, 0.2) is 24.3 Å². The average Bonchev–Trinajstić information content (AvgIpc) is 3.36. The molecule has 5 atom stereocenters. The van der Waals surface area contributed by atoms with E-state index in [1.807, 2.05) is 0 Å². The molecule has 228 valence electrons. The van der Waals surface area contributed by atoms with Gasteiger partial charge in [-0.3, -0.25) is 0 Å². The summed E-state index contributed by atoms with van der Waals surface area (Å²) in [6, 6.07) is 8.92. The number of benzene rings is 1. The highest BCUT2D eigenvalue weighted by Gasteiger charge is 2.58. The van der Waals surface area contributed by atoms with Gasteiger partial charge in [-0.15, -0.1) is 0 Å². The molecular formula is C32H47F5O2S. The predicted molar refractivity (Wildman–Crippen MR) is 152 cm³/mol. The van der Waals surface area contributed by atoms with E-state index in [1.165, 1.54) is 55.0 Å². The first-order valence-corrected chi connectivity index (χ1v) is 16.7. The molecule has 3 aliphatic carbocycles. The molecule has 2 saturated carbocycles. The van der Waals surface area contributed by atoms with Crippen molar-refractivity contribution < 1.29 is 32.2 Å². The summed E-state index contributed by atoms with van der Waals surface area (Å²) in [6.45, 7) is 0. The summed E-state index contributed by atoms with van der Waals surface area (Å²) in [5, 5.41) is 20.9. The molecule has 0 saturated heterocycles. The van der Waals surface area contributed by atoms with Gasteiger partial charge in [-0.25, -0.2) is 0 Å². The molecule has 2 fully saturated rings. The fourth-order valence-corrected chi connectivity index (χ4v) is 9.27. The van der Waals surface area contributed by atoms with Crippen molar-refractivity contribution in [2.75, 3.05) is 11.5 Å². The van der Waals surface area contributed by atoms with E-state index >= 15 is 0 Å². The fraction of sp³-hybridized carbons (Fsp3) is 0.812. The molecule has 0 bridgehead atoms. The molecule has 40 heavy (non-hydrogen) atoms. The molecule has 1 aromatic carbocycles. The number of halogens is 5. The van der Waals surface area contributed by atoms with Crippen molar-refractivity contribution in [2.24, 2.45) is 23.2 Å². The summed E-state index contributed by atoms with van der Waals surface area (Å²) < 4.78 is 62.4. The van der Waals surface area contributed by atoms with Crippen LogP contribution < -0.4 is 0 Å². The standard InChI is InChI=1S/C32H47F5O2S/c33-31(34,32(35,36)37)18-11-21-40-20-9-5-3-1-2-4-6-13-24-22-23-12-7-8-14-25(23)26-16-19-30(29(38)39)17-10-15-27(30)28(24)26/h7-8,12,14,24,26-29,38-39H,1-6,9-11,13,15-22H2/t24-,26-,27+,28-,30-/m1/s1. The molecule has 0 amide bonds. The summed E-state index contributed by atoms with van der Waals surface area (Å²) in [5.41, 5.74) is 2.70. The average molecular weight is 591 g/mol. The lowest BCUT2D eigenvalue weighted by atomic mass is 9.51. The third-order valence-corrected chi connectivity index (χ3v) is 11.5. The molecular weight excluding hydrogens is 543 g/mol. The third-order valence-electron chi connectivity index (χ3n) is 10.3. The SMILES string of the molecule is OC(O)[C@@]12CCC[C@H]1[C@@H]1[C@H](CCCCCCCCCSCCCC(F)(F)C(F)(F)F)Cc3ccccc3[C@H]1CC2. The maximum absolute atomic E-state index is 12.9. The van der Waals surface area contributed by atoms with Crippen LogP contribution >= 0.6 is 11.8 Å². The van der Waals surface area contributed by atoms with Crippen LogP contribution in [0.25, 0.3) is 0 Å². The van der Waals surface area contributed by atoms with Crippen molar-refractivity contribution in [3.05, 3.63) is 35.4 Å². The van der Waals surface area contributed by atoms with E-state index in [0.29, 0.717) is 29.4 Å². The van der Waals surface area contributed by atoms with E-state index in [-0.39, 0.29) is 11.8 Å². The molecule has 3 aliphatic rings. The number of hydrogen-bond acceptors (Lipinski definition) is 3. The second-order valence-corrected chi connectivity index (χ2v) is 13.9. The summed E-state index contributed by atoms with van der Waals surface area (Å²) in [6.07, 6.45) is 7.52. The summed E-state index contributed by atoms with van der Waals surface area (Å²) in [7, 11) is 0. The number of fused-ring (bicyclic) bond motifs is 5. The number of unbranched alkanes of at least 4 members (excludes halogenated alkanes) is 6. The number of thioether (sulfide) groups is 1. The van der Waals surface area contributed by atoms with Gasteiger partial charge in [0.15, 0.2) is 6.29 Å². The summed E-state index contributed by atoms with van der Waals surface area (Å²) in [4.78, 5) is 0. The van der Waals surface area contributed by atoms with Gasteiger partial charge in [0, 0.05) is 11.8 Å². The Labute approximate surface area is 240 Å². The molecule has 0 aliphatic heterocycles. The van der Waals surface area contributed by atoms with Gasteiger partial charge in [0.1, 0.15) is 0 Å². The normalized spacial score (nSPS) is 28.4. The monoisotopic (exact) mass is 590 g/mol. The van der Waals surface area contributed by atoms with Gasteiger partial charge in [-0.05, 0) is 97.7 Å². The molecule has 8 heteroatoms. The van der Waals surface area contributed by atoms with Crippen LogP contribution in [0.1, 0.15) is 113 Å². The fourth-order valence-electron chi connectivity index (χ4n) is 8.31. The number of hydrogen-bond donors (Lipinski definition) is 2. The van der Waals surface area contributed by atoms with E-state index in [4.69, 9.17) is 0 Å². The van der Waals surface area contributed by atoms with Crippen molar-refractivity contribution in [2.45, 2.75) is 127 Å². The van der Waals surface area contributed by atoms with Crippen LogP contribution in [0.3, 0.4) is 0 Å². The van der Waals surface area contributed by atoms with Crippen molar-refractivity contribution >= 4 is 11.8 Å². The van der Waals surface area contributed by atoms with Crippen molar-refractivity contribution in [3.63, 3.8) is 0 Å². The summed E-state index contributed by atoms with van der Waals surface area (Å²) in [5.74, 6) is -1.31. The molecule has 1 aromatic rings. The van der Waals surface area contributed by atoms with E-state index in [2.05, 4.69) is 24.3 Å². The largest absolute Gasteiger partial charge is 0.453 e. The Balaban J connectivity index is 1.13. The Bertz CT molecular complexity index is 923. The highest BCUT2D eigenvalue weighted by atomic mass is 32.2. The Kier molecular flexibility index (Phi) is 11.3. The van der Waals surface area contributed by atoms with Crippen LogP contribution in [0.4, 0.5) is 22.0 Å². The van der Waals surface area contributed by atoms with E-state index in [9.17, 15) is 32.2 Å². The van der Waals surface area contributed by atoms with Crippen molar-refractivity contribution in [1.29, 1.82) is 0 Å². The molecule has 0 aromatic heterocycles. The Morgan fingerprint density at radius 3 is 2.25 bits per heavy atom. The summed E-state index contributed by atoms with van der Waals surface area (Å²) >= 11 is 1.47. The quantitative estimate of drug-likeness (QED) is 0.122. The molecule has 2 N–H and O–H groups in total. The second kappa shape index (κ2) is 14.1. The van der Waals surface area contributed by atoms with Crippen LogP contribution in [-0.4, -0.2) is 40.1 Å². The molecule has 0 unspecified atom stereocenters. The minimum absolute atomic E-state index is 0.117. The minimum atomic E-state index is -5.44. The van der Waals surface area contributed by atoms with Crippen LogP contribution in [-0.2, 0) is 6.42 Å². The lowest BCUT2D eigenvalue weighted by molar-refractivity contribution is -0.284. The molecule has 2 nitrogen and oxygen atoms in total. The van der Waals surface area contributed by atoms with Gasteiger partial charge in [0.2, 0.25) is 0 Å². The topological polar surface area (TPSA) is 40.5 Å². The first-order chi connectivity index (χ1) is 19.1.